The second kappa shape index (κ2) is 7.90. The van der Waals surface area contributed by atoms with Crippen molar-refractivity contribution in [2.24, 2.45) is 0 Å². The van der Waals surface area contributed by atoms with Gasteiger partial charge in [0.25, 0.3) is 0 Å². The Labute approximate surface area is 109 Å². The summed E-state index contributed by atoms with van der Waals surface area (Å²) in [6, 6.07) is 0. The summed E-state index contributed by atoms with van der Waals surface area (Å²) in [7, 11) is 0. The Kier molecular flexibility index (Phi) is 7.32. The van der Waals surface area contributed by atoms with Crippen molar-refractivity contribution >= 4 is 11.9 Å². The molecule has 4 nitrogen and oxygen atoms in total. The standard InChI is InChI=1S/C14H24O4/c1-7-11(13(15)17-9(3)4)12(8-2)14(16)18-10(5)6/h9-10H,7-8H2,1-6H3/b12-11-. The molecular formula is C14H24O4. The van der Waals surface area contributed by atoms with Crippen LogP contribution in [0.15, 0.2) is 11.1 Å². The predicted molar refractivity (Wildman–Crippen MR) is 70.1 cm³/mol. The van der Waals surface area contributed by atoms with Crippen LogP contribution in [0.1, 0.15) is 54.4 Å². The van der Waals surface area contributed by atoms with E-state index >= 15 is 0 Å². The van der Waals surface area contributed by atoms with Gasteiger partial charge in [-0.1, -0.05) is 13.8 Å². The number of hydrogen-bond acceptors (Lipinski definition) is 4. The lowest BCUT2D eigenvalue weighted by atomic mass is 10.0. The van der Waals surface area contributed by atoms with Crippen molar-refractivity contribution in [2.45, 2.75) is 66.6 Å². The summed E-state index contributed by atoms with van der Waals surface area (Å²) in [6.45, 7) is 10.8. The Morgan fingerprint density at radius 3 is 1.22 bits per heavy atom. The van der Waals surface area contributed by atoms with E-state index in [-0.39, 0.29) is 12.2 Å². The third-order valence-corrected chi connectivity index (χ3v) is 2.25. The van der Waals surface area contributed by atoms with Gasteiger partial charge in [-0.15, -0.1) is 0 Å². The van der Waals surface area contributed by atoms with E-state index in [4.69, 9.17) is 9.47 Å². The number of rotatable bonds is 6. The Balaban J connectivity index is 5.16. The summed E-state index contributed by atoms with van der Waals surface area (Å²) in [5.41, 5.74) is 0.828. The molecule has 0 fully saturated rings. The Hall–Kier alpha value is -1.32. The molecule has 0 atom stereocenters. The van der Waals surface area contributed by atoms with Gasteiger partial charge in [-0.05, 0) is 40.5 Å². The van der Waals surface area contributed by atoms with E-state index in [9.17, 15) is 9.59 Å². The number of carbonyl (C=O) groups is 2. The van der Waals surface area contributed by atoms with Crippen molar-refractivity contribution in [3.8, 4) is 0 Å². The zero-order valence-corrected chi connectivity index (χ0v) is 12.2. The molecule has 0 aromatic heterocycles. The van der Waals surface area contributed by atoms with Crippen LogP contribution in [0.25, 0.3) is 0 Å². The van der Waals surface area contributed by atoms with E-state index in [2.05, 4.69) is 0 Å². The lowest BCUT2D eigenvalue weighted by Gasteiger charge is -2.15. The quantitative estimate of drug-likeness (QED) is 0.541. The van der Waals surface area contributed by atoms with Gasteiger partial charge in [-0.25, -0.2) is 9.59 Å². The minimum atomic E-state index is -0.426. The fourth-order valence-electron chi connectivity index (χ4n) is 1.53. The van der Waals surface area contributed by atoms with Crippen molar-refractivity contribution in [3.05, 3.63) is 11.1 Å². The zero-order valence-electron chi connectivity index (χ0n) is 12.2. The fourth-order valence-corrected chi connectivity index (χ4v) is 1.53. The van der Waals surface area contributed by atoms with Crippen molar-refractivity contribution in [3.63, 3.8) is 0 Å². The molecule has 18 heavy (non-hydrogen) atoms. The average Bonchev–Trinajstić information content (AvgIpc) is 2.22. The SMILES string of the molecule is CC/C(C(=O)OC(C)C)=C(\CC)C(=O)OC(C)C. The minimum absolute atomic E-state index is 0.196. The average molecular weight is 256 g/mol. The summed E-state index contributed by atoms with van der Waals surface area (Å²) in [5, 5.41) is 0. The van der Waals surface area contributed by atoms with Crippen molar-refractivity contribution in [1.29, 1.82) is 0 Å². The molecule has 0 aliphatic carbocycles. The Bertz CT molecular complexity index is 295. The maximum Gasteiger partial charge on any atom is 0.334 e. The molecule has 0 aliphatic rings. The molecule has 0 spiro atoms. The van der Waals surface area contributed by atoms with E-state index in [1.54, 1.807) is 27.7 Å². The molecule has 0 aliphatic heterocycles. The molecule has 104 valence electrons. The van der Waals surface area contributed by atoms with Crippen LogP contribution in [-0.4, -0.2) is 24.1 Å². The molecule has 0 aromatic rings. The maximum absolute atomic E-state index is 11.9. The van der Waals surface area contributed by atoms with Gasteiger partial charge in [0.1, 0.15) is 0 Å². The van der Waals surface area contributed by atoms with E-state index in [1.165, 1.54) is 0 Å². The van der Waals surface area contributed by atoms with Crippen LogP contribution in [0.3, 0.4) is 0 Å². The molecular weight excluding hydrogens is 232 g/mol. The number of esters is 2. The van der Waals surface area contributed by atoms with Gasteiger partial charge in [-0.3, -0.25) is 0 Å². The zero-order chi connectivity index (χ0) is 14.3. The highest BCUT2D eigenvalue weighted by atomic mass is 16.5. The van der Waals surface area contributed by atoms with Gasteiger partial charge in [-0.2, -0.15) is 0 Å². The number of ether oxygens (including phenoxy) is 2. The molecule has 0 saturated carbocycles. The lowest BCUT2D eigenvalue weighted by molar-refractivity contribution is -0.146. The van der Waals surface area contributed by atoms with Crippen LogP contribution in [-0.2, 0) is 19.1 Å². The lowest BCUT2D eigenvalue weighted by Crippen LogP contribution is -2.20. The molecule has 0 aromatic carbocycles. The topological polar surface area (TPSA) is 52.6 Å². The van der Waals surface area contributed by atoms with Gasteiger partial charge < -0.3 is 9.47 Å². The molecule has 0 unspecified atom stereocenters. The molecule has 4 heteroatoms. The van der Waals surface area contributed by atoms with Crippen LogP contribution in [0.4, 0.5) is 0 Å². The van der Waals surface area contributed by atoms with Crippen LogP contribution < -0.4 is 0 Å². The van der Waals surface area contributed by atoms with Gasteiger partial charge in [0.2, 0.25) is 0 Å². The van der Waals surface area contributed by atoms with Crippen LogP contribution >= 0.6 is 0 Å². The minimum Gasteiger partial charge on any atom is -0.460 e. The molecule has 0 bridgehead atoms. The third kappa shape index (κ3) is 5.34. The number of carbonyl (C=O) groups excluding carboxylic acids is 2. The van der Waals surface area contributed by atoms with Crippen molar-refractivity contribution in [1.82, 2.24) is 0 Å². The highest BCUT2D eigenvalue weighted by Gasteiger charge is 2.21. The summed E-state index contributed by atoms with van der Waals surface area (Å²) < 4.78 is 10.3. The Morgan fingerprint density at radius 1 is 0.778 bits per heavy atom. The highest BCUT2D eigenvalue weighted by Crippen LogP contribution is 2.17. The third-order valence-electron chi connectivity index (χ3n) is 2.25. The number of hydrogen-bond donors (Lipinski definition) is 0. The van der Waals surface area contributed by atoms with E-state index in [0.717, 1.165) is 0 Å². The van der Waals surface area contributed by atoms with E-state index < -0.39 is 11.9 Å². The van der Waals surface area contributed by atoms with Gasteiger partial charge in [0.05, 0.1) is 12.2 Å². The van der Waals surface area contributed by atoms with Crippen molar-refractivity contribution in [2.75, 3.05) is 0 Å². The first kappa shape index (κ1) is 16.7. The van der Waals surface area contributed by atoms with Gasteiger partial charge in [0.15, 0.2) is 0 Å². The predicted octanol–water partition coefficient (Wildman–Crippen LogP) is 3.01. The highest BCUT2D eigenvalue weighted by molar-refractivity contribution is 6.00. The van der Waals surface area contributed by atoms with Gasteiger partial charge in [0, 0.05) is 11.1 Å². The first-order chi connectivity index (χ1) is 8.33. The second-order valence-electron chi connectivity index (χ2n) is 4.57. The molecule has 0 heterocycles. The largest absolute Gasteiger partial charge is 0.460 e. The fraction of sp³-hybridized carbons (Fsp3) is 0.714. The van der Waals surface area contributed by atoms with Crippen molar-refractivity contribution < 1.29 is 19.1 Å². The maximum atomic E-state index is 11.9. The molecule has 0 saturated heterocycles. The summed E-state index contributed by atoms with van der Waals surface area (Å²) in [5.74, 6) is -0.852. The smallest absolute Gasteiger partial charge is 0.334 e. The monoisotopic (exact) mass is 256 g/mol. The van der Waals surface area contributed by atoms with Crippen LogP contribution in [0.5, 0.6) is 0 Å². The normalized spacial score (nSPS) is 12.4. The Morgan fingerprint density at radius 2 is 1.06 bits per heavy atom. The molecule has 0 radical (unpaired) electrons. The van der Waals surface area contributed by atoms with Gasteiger partial charge >= 0.3 is 11.9 Å². The first-order valence-corrected chi connectivity index (χ1v) is 6.47. The van der Waals surface area contributed by atoms with Crippen LogP contribution in [0.2, 0.25) is 0 Å². The second-order valence-corrected chi connectivity index (χ2v) is 4.57. The molecule has 0 rings (SSSR count). The molecule has 0 amide bonds. The van der Waals surface area contributed by atoms with E-state index in [0.29, 0.717) is 24.0 Å². The summed E-state index contributed by atoms with van der Waals surface area (Å²) in [4.78, 5) is 23.8. The first-order valence-electron chi connectivity index (χ1n) is 6.47. The summed E-state index contributed by atoms with van der Waals surface area (Å²) in [6.07, 6.45) is 0.528. The van der Waals surface area contributed by atoms with Crippen LogP contribution in [0, 0.1) is 0 Å². The summed E-state index contributed by atoms with van der Waals surface area (Å²) >= 11 is 0. The molecule has 0 N–H and O–H groups in total. The van der Waals surface area contributed by atoms with E-state index in [1.807, 2.05) is 13.8 Å².